The SMILES string of the molecule is CC(C)COC(=O)NC(CC(N)=O)C(=O)Nc1ccccc1F. The van der Waals surface area contributed by atoms with Gasteiger partial charge in [0.2, 0.25) is 11.8 Å². The molecule has 0 spiro atoms. The fraction of sp³-hybridized carbons (Fsp3) is 0.400. The average Bonchev–Trinajstić information content (AvgIpc) is 2.46. The van der Waals surface area contributed by atoms with Crippen LogP contribution in [0.4, 0.5) is 14.9 Å². The quantitative estimate of drug-likeness (QED) is 0.703. The lowest BCUT2D eigenvalue weighted by molar-refractivity contribution is -0.123. The van der Waals surface area contributed by atoms with Gasteiger partial charge in [-0.25, -0.2) is 9.18 Å². The summed E-state index contributed by atoms with van der Waals surface area (Å²) in [6, 6.07) is 4.26. The Kier molecular flexibility index (Phi) is 6.98. The van der Waals surface area contributed by atoms with Gasteiger partial charge in [-0.3, -0.25) is 9.59 Å². The molecule has 3 amide bonds. The predicted molar refractivity (Wildman–Crippen MR) is 82.0 cm³/mol. The van der Waals surface area contributed by atoms with Crippen LogP contribution in [-0.4, -0.2) is 30.6 Å². The number of anilines is 1. The van der Waals surface area contributed by atoms with Crippen LogP contribution in [0.15, 0.2) is 24.3 Å². The van der Waals surface area contributed by atoms with Gasteiger partial charge in [0.05, 0.1) is 18.7 Å². The fourth-order valence-corrected chi connectivity index (χ4v) is 1.62. The van der Waals surface area contributed by atoms with E-state index in [0.717, 1.165) is 0 Å². The molecule has 8 heteroatoms. The van der Waals surface area contributed by atoms with Crippen molar-refractivity contribution in [1.82, 2.24) is 5.32 Å². The normalized spacial score (nSPS) is 11.7. The standard InChI is InChI=1S/C15H20FN3O4/c1-9(2)8-23-15(22)19-12(7-13(17)20)14(21)18-11-6-4-3-5-10(11)16/h3-6,9,12H,7-8H2,1-2H3,(H2,17,20)(H,18,21)(H,19,22). The summed E-state index contributed by atoms with van der Waals surface area (Å²) in [6.07, 6.45) is -1.29. The zero-order chi connectivity index (χ0) is 17.4. The molecule has 1 aromatic carbocycles. The smallest absolute Gasteiger partial charge is 0.407 e. The maximum absolute atomic E-state index is 13.5. The Bertz CT molecular complexity index is 578. The summed E-state index contributed by atoms with van der Waals surface area (Å²) in [6.45, 7) is 3.85. The largest absolute Gasteiger partial charge is 0.449 e. The molecular formula is C15H20FN3O4. The average molecular weight is 325 g/mol. The van der Waals surface area contributed by atoms with Crippen LogP contribution in [0.5, 0.6) is 0 Å². The second-order valence-corrected chi connectivity index (χ2v) is 5.33. The number of rotatable bonds is 7. The van der Waals surface area contributed by atoms with Crippen molar-refractivity contribution in [3.05, 3.63) is 30.1 Å². The van der Waals surface area contributed by atoms with Gasteiger partial charge in [-0.1, -0.05) is 26.0 Å². The third kappa shape index (κ3) is 6.77. The Balaban J connectivity index is 2.72. The van der Waals surface area contributed by atoms with Crippen molar-refractivity contribution < 1.29 is 23.5 Å². The molecule has 0 fully saturated rings. The van der Waals surface area contributed by atoms with Crippen molar-refractivity contribution in [1.29, 1.82) is 0 Å². The Morgan fingerprint density at radius 3 is 2.48 bits per heavy atom. The van der Waals surface area contributed by atoms with Gasteiger partial charge in [0.1, 0.15) is 11.9 Å². The number of halogens is 1. The fourth-order valence-electron chi connectivity index (χ4n) is 1.62. The minimum atomic E-state index is -1.26. The first-order valence-electron chi connectivity index (χ1n) is 7.06. The number of primary amides is 1. The second kappa shape index (κ2) is 8.72. The van der Waals surface area contributed by atoms with E-state index < -0.39 is 36.2 Å². The molecule has 0 aromatic heterocycles. The van der Waals surface area contributed by atoms with Crippen molar-refractivity contribution in [2.45, 2.75) is 26.3 Å². The van der Waals surface area contributed by atoms with Gasteiger partial charge in [0.15, 0.2) is 0 Å². The molecule has 0 heterocycles. The van der Waals surface area contributed by atoms with Crippen LogP contribution in [0.2, 0.25) is 0 Å². The van der Waals surface area contributed by atoms with Gasteiger partial charge < -0.3 is 21.1 Å². The van der Waals surface area contributed by atoms with Gasteiger partial charge in [-0.05, 0) is 18.1 Å². The number of nitrogens with one attached hydrogen (secondary N) is 2. The van der Waals surface area contributed by atoms with Crippen LogP contribution >= 0.6 is 0 Å². The van der Waals surface area contributed by atoms with Crippen molar-refractivity contribution in [2.75, 3.05) is 11.9 Å². The molecule has 1 unspecified atom stereocenters. The summed E-state index contributed by atoms with van der Waals surface area (Å²) >= 11 is 0. The molecule has 0 radical (unpaired) electrons. The number of alkyl carbamates (subject to hydrolysis) is 1. The number of carbonyl (C=O) groups is 3. The van der Waals surface area contributed by atoms with Crippen LogP contribution in [0, 0.1) is 11.7 Å². The number of hydrogen-bond acceptors (Lipinski definition) is 4. The number of amides is 3. The summed E-state index contributed by atoms with van der Waals surface area (Å²) in [5, 5.41) is 4.54. The first kappa shape index (κ1) is 18.4. The molecule has 1 aromatic rings. The van der Waals surface area contributed by atoms with Gasteiger partial charge >= 0.3 is 6.09 Å². The lowest BCUT2D eigenvalue weighted by Gasteiger charge is -2.17. The lowest BCUT2D eigenvalue weighted by Crippen LogP contribution is -2.46. The van der Waals surface area contributed by atoms with Gasteiger partial charge in [-0.15, -0.1) is 0 Å². The summed E-state index contributed by atoms with van der Waals surface area (Å²) in [7, 11) is 0. The number of hydrogen-bond donors (Lipinski definition) is 3. The summed E-state index contributed by atoms with van der Waals surface area (Å²) in [5.41, 5.74) is 5.00. The van der Waals surface area contributed by atoms with E-state index in [1.165, 1.54) is 24.3 Å². The molecule has 1 rings (SSSR count). The summed E-state index contributed by atoms with van der Waals surface area (Å²) in [5.74, 6) is -2.08. The molecule has 4 N–H and O–H groups in total. The number of para-hydroxylation sites is 1. The monoisotopic (exact) mass is 325 g/mol. The number of benzene rings is 1. The predicted octanol–water partition coefficient (Wildman–Crippen LogP) is 1.39. The van der Waals surface area contributed by atoms with Crippen LogP contribution < -0.4 is 16.4 Å². The minimum absolute atomic E-state index is 0.0654. The van der Waals surface area contributed by atoms with Gasteiger partial charge in [0.25, 0.3) is 0 Å². The highest BCUT2D eigenvalue weighted by atomic mass is 19.1. The Hall–Kier alpha value is -2.64. The third-order valence-corrected chi connectivity index (χ3v) is 2.69. The molecule has 0 aliphatic rings. The topological polar surface area (TPSA) is 111 Å². The van der Waals surface area contributed by atoms with Gasteiger partial charge in [-0.2, -0.15) is 0 Å². The van der Waals surface area contributed by atoms with Crippen LogP contribution in [0.25, 0.3) is 0 Å². The van der Waals surface area contributed by atoms with E-state index in [2.05, 4.69) is 10.6 Å². The number of nitrogens with two attached hydrogens (primary N) is 1. The molecule has 1 atom stereocenters. The van der Waals surface area contributed by atoms with Crippen LogP contribution in [0.3, 0.4) is 0 Å². The van der Waals surface area contributed by atoms with E-state index in [9.17, 15) is 18.8 Å². The van der Waals surface area contributed by atoms with E-state index in [1.807, 2.05) is 13.8 Å². The van der Waals surface area contributed by atoms with Crippen molar-refractivity contribution in [3.8, 4) is 0 Å². The summed E-state index contributed by atoms with van der Waals surface area (Å²) in [4.78, 5) is 34.8. The highest BCUT2D eigenvalue weighted by molar-refractivity contribution is 5.99. The van der Waals surface area contributed by atoms with E-state index in [0.29, 0.717) is 0 Å². The molecule has 0 aliphatic heterocycles. The molecule has 0 aliphatic carbocycles. The maximum atomic E-state index is 13.5. The molecule has 7 nitrogen and oxygen atoms in total. The van der Waals surface area contributed by atoms with E-state index in [4.69, 9.17) is 10.5 Å². The molecule has 23 heavy (non-hydrogen) atoms. The first-order chi connectivity index (χ1) is 10.8. The lowest BCUT2D eigenvalue weighted by atomic mass is 10.1. The zero-order valence-electron chi connectivity index (χ0n) is 13.0. The molecular weight excluding hydrogens is 305 g/mol. The Labute approximate surface area is 133 Å². The highest BCUT2D eigenvalue weighted by Crippen LogP contribution is 2.13. The van der Waals surface area contributed by atoms with E-state index in [-0.39, 0.29) is 18.2 Å². The minimum Gasteiger partial charge on any atom is -0.449 e. The van der Waals surface area contributed by atoms with Crippen molar-refractivity contribution in [2.24, 2.45) is 11.7 Å². The van der Waals surface area contributed by atoms with Gasteiger partial charge in [0, 0.05) is 0 Å². The van der Waals surface area contributed by atoms with Crippen molar-refractivity contribution >= 4 is 23.6 Å². The highest BCUT2D eigenvalue weighted by Gasteiger charge is 2.24. The van der Waals surface area contributed by atoms with Crippen molar-refractivity contribution in [3.63, 3.8) is 0 Å². The number of ether oxygens (including phenoxy) is 1. The molecule has 126 valence electrons. The van der Waals surface area contributed by atoms with E-state index >= 15 is 0 Å². The van der Waals surface area contributed by atoms with Crippen LogP contribution in [-0.2, 0) is 14.3 Å². The zero-order valence-corrected chi connectivity index (χ0v) is 13.0. The Morgan fingerprint density at radius 2 is 1.91 bits per heavy atom. The molecule has 0 saturated heterocycles. The molecule has 0 bridgehead atoms. The third-order valence-electron chi connectivity index (χ3n) is 2.69. The first-order valence-corrected chi connectivity index (χ1v) is 7.06. The summed E-state index contributed by atoms with van der Waals surface area (Å²) < 4.78 is 18.4. The van der Waals surface area contributed by atoms with E-state index in [1.54, 1.807) is 0 Å². The number of carbonyl (C=O) groups excluding carboxylic acids is 3. The Morgan fingerprint density at radius 1 is 1.26 bits per heavy atom. The maximum Gasteiger partial charge on any atom is 0.407 e. The second-order valence-electron chi connectivity index (χ2n) is 5.33. The van der Waals surface area contributed by atoms with Crippen LogP contribution in [0.1, 0.15) is 20.3 Å². The molecule has 0 saturated carbocycles.